The summed E-state index contributed by atoms with van der Waals surface area (Å²) in [6.45, 7) is 2.04. The number of nitrogen functional groups attached to an aromatic ring is 2. The topological polar surface area (TPSA) is 81.1 Å². The zero-order valence-electron chi connectivity index (χ0n) is 11.5. The largest absolute Gasteiger partial charge is 0.398 e. The van der Waals surface area contributed by atoms with Gasteiger partial charge in [0.05, 0.1) is 0 Å². The van der Waals surface area contributed by atoms with Crippen LogP contribution in [0.1, 0.15) is 21.5 Å². The number of benzene rings is 2. The maximum Gasteiger partial charge on any atom is 0.265 e. The number of aryl methyl sites for hydroxylation is 1. The van der Waals surface area contributed by atoms with Crippen LogP contribution in [-0.2, 0) is 5.75 Å². The SMILES string of the molecule is Cc1ccc(N)c(SCc2ccc(C(=O)NN)cc2Br)c1. The number of thioether (sulfide) groups is 1. The predicted octanol–water partition coefficient (Wildman–Crippen LogP) is 3.24. The summed E-state index contributed by atoms with van der Waals surface area (Å²) in [7, 11) is 0. The van der Waals surface area contributed by atoms with Crippen LogP contribution in [0, 0.1) is 6.92 Å². The molecule has 0 aliphatic carbocycles. The molecule has 0 aromatic heterocycles. The van der Waals surface area contributed by atoms with E-state index in [4.69, 9.17) is 11.6 Å². The second-order valence-electron chi connectivity index (χ2n) is 4.61. The third-order valence-electron chi connectivity index (χ3n) is 3.00. The van der Waals surface area contributed by atoms with Crippen molar-refractivity contribution in [1.82, 2.24) is 5.43 Å². The highest BCUT2D eigenvalue weighted by molar-refractivity contribution is 9.10. The fourth-order valence-electron chi connectivity index (χ4n) is 1.81. The molecule has 0 atom stereocenters. The number of hydrogen-bond acceptors (Lipinski definition) is 4. The molecule has 110 valence electrons. The normalized spacial score (nSPS) is 10.4. The van der Waals surface area contributed by atoms with Crippen LogP contribution in [0.25, 0.3) is 0 Å². The van der Waals surface area contributed by atoms with Gasteiger partial charge in [-0.25, -0.2) is 5.84 Å². The third kappa shape index (κ3) is 4.00. The summed E-state index contributed by atoms with van der Waals surface area (Å²) in [4.78, 5) is 12.5. The maximum absolute atomic E-state index is 11.5. The van der Waals surface area contributed by atoms with Crippen LogP contribution in [0.3, 0.4) is 0 Å². The fourth-order valence-corrected chi connectivity index (χ4v) is 3.58. The zero-order valence-corrected chi connectivity index (χ0v) is 13.9. The summed E-state index contributed by atoms with van der Waals surface area (Å²) in [5.74, 6) is 5.58. The molecule has 0 spiro atoms. The van der Waals surface area contributed by atoms with Gasteiger partial charge in [0.15, 0.2) is 0 Å². The number of nitrogens with two attached hydrogens (primary N) is 2. The van der Waals surface area contributed by atoms with Crippen molar-refractivity contribution >= 4 is 39.3 Å². The minimum atomic E-state index is -0.308. The maximum atomic E-state index is 11.5. The van der Waals surface area contributed by atoms with Crippen molar-refractivity contribution in [2.24, 2.45) is 5.84 Å². The Kier molecular flexibility index (Phi) is 5.27. The molecular formula is C15H16BrN3OS. The molecule has 5 N–H and O–H groups in total. The van der Waals surface area contributed by atoms with E-state index in [9.17, 15) is 4.79 Å². The van der Waals surface area contributed by atoms with Gasteiger partial charge in [-0.3, -0.25) is 10.2 Å². The number of halogens is 1. The third-order valence-corrected chi connectivity index (χ3v) is 4.86. The second kappa shape index (κ2) is 6.98. The highest BCUT2D eigenvalue weighted by Crippen LogP contribution is 2.31. The van der Waals surface area contributed by atoms with Gasteiger partial charge < -0.3 is 5.73 Å². The van der Waals surface area contributed by atoms with E-state index in [1.165, 1.54) is 5.56 Å². The molecule has 0 heterocycles. The van der Waals surface area contributed by atoms with E-state index in [-0.39, 0.29) is 5.91 Å². The first-order valence-corrected chi connectivity index (χ1v) is 8.07. The molecule has 6 heteroatoms. The molecule has 0 fully saturated rings. The highest BCUT2D eigenvalue weighted by atomic mass is 79.9. The van der Waals surface area contributed by atoms with Crippen LogP contribution in [-0.4, -0.2) is 5.91 Å². The molecule has 1 amide bonds. The molecule has 21 heavy (non-hydrogen) atoms. The Bertz CT molecular complexity index is 676. The summed E-state index contributed by atoms with van der Waals surface area (Å²) < 4.78 is 0.877. The number of anilines is 1. The van der Waals surface area contributed by atoms with Crippen LogP contribution in [0.15, 0.2) is 45.8 Å². The van der Waals surface area contributed by atoms with Gasteiger partial charge in [0.2, 0.25) is 0 Å². The van der Waals surface area contributed by atoms with E-state index in [0.29, 0.717) is 5.56 Å². The Hall–Kier alpha value is -1.50. The number of hydrazine groups is 1. The Morgan fingerprint density at radius 2 is 2.05 bits per heavy atom. The van der Waals surface area contributed by atoms with Gasteiger partial charge in [-0.2, -0.15) is 0 Å². The van der Waals surface area contributed by atoms with Gasteiger partial charge in [-0.05, 0) is 42.3 Å². The summed E-state index contributed by atoms with van der Waals surface area (Å²) in [5, 5.41) is 0. The van der Waals surface area contributed by atoms with Crippen molar-refractivity contribution < 1.29 is 4.79 Å². The molecular weight excluding hydrogens is 350 g/mol. The van der Waals surface area contributed by atoms with Crippen LogP contribution in [0.5, 0.6) is 0 Å². The lowest BCUT2D eigenvalue weighted by Crippen LogP contribution is -2.29. The van der Waals surface area contributed by atoms with E-state index in [1.807, 2.05) is 25.1 Å². The Labute approximate surface area is 136 Å². The second-order valence-corrected chi connectivity index (χ2v) is 6.48. The van der Waals surface area contributed by atoms with Gasteiger partial charge >= 0.3 is 0 Å². The summed E-state index contributed by atoms with van der Waals surface area (Å²) in [6.07, 6.45) is 0. The van der Waals surface area contributed by atoms with Crippen LogP contribution >= 0.6 is 27.7 Å². The molecule has 0 unspecified atom stereocenters. The summed E-state index contributed by atoms with van der Waals surface area (Å²) >= 11 is 5.15. The molecule has 0 saturated carbocycles. The molecule has 0 aliphatic heterocycles. The van der Waals surface area contributed by atoms with Gasteiger partial charge in [-0.15, -0.1) is 11.8 Å². The van der Waals surface area contributed by atoms with Crippen molar-refractivity contribution in [2.45, 2.75) is 17.6 Å². The van der Waals surface area contributed by atoms with Gasteiger partial charge in [0.1, 0.15) is 0 Å². The molecule has 0 aliphatic rings. The summed E-state index contributed by atoms with van der Waals surface area (Å²) in [6, 6.07) is 11.4. The number of nitrogens with one attached hydrogen (secondary N) is 1. The molecule has 0 radical (unpaired) electrons. The van der Waals surface area contributed by atoms with Gasteiger partial charge in [-0.1, -0.05) is 28.1 Å². The van der Waals surface area contributed by atoms with Crippen molar-refractivity contribution in [2.75, 3.05) is 5.73 Å². The molecule has 2 rings (SSSR count). The molecule has 2 aromatic rings. The van der Waals surface area contributed by atoms with Gasteiger partial charge in [0.25, 0.3) is 5.91 Å². The standard InChI is InChI=1S/C15H16BrN3OS/c1-9-2-5-13(17)14(6-9)21-8-11-4-3-10(7-12(11)16)15(20)19-18/h2-7H,8,17-18H2,1H3,(H,19,20). The first-order valence-electron chi connectivity index (χ1n) is 6.29. The number of hydrogen-bond donors (Lipinski definition) is 3. The van der Waals surface area contributed by atoms with Crippen molar-refractivity contribution in [1.29, 1.82) is 0 Å². The summed E-state index contributed by atoms with van der Waals surface area (Å²) in [5.41, 5.74) is 11.7. The van der Waals surface area contributed by atoms with Crippen LogP contribution in [0.2, 0.25) is 0 Å². The highest BCUT2D eigenvalue weighted by Gasteiger charge is 2.08. The Balaban J connectivity index is 2.13. The molecule has 2 aromatic carbocycles. The first kappa shape index (κ1) is 15.9. The molecule has 4 nitrogen and oxygen atoms in total. The Morgan fingerprint density at radius 1 is 1.29 bits per heavy atom. The van der Waals surface area contributed by atoms with E-state index < -0.39 is 0 Å². The number of rotatable bonds is 4. The van der Waals surface area contributed by atoms with Crippen molar-refractivity contribution in [3.63, 3.8) is 0 Å². The average molecular weight is 366 g/mol. The first-order chi connectivity index (χ1) is 10.0. The number of amides is 1. The smallest absolute Gasteiger partial charge is 0.265 e. The van der Waals surface area contributed by atoms with Crippen LogP contribution < -0.4 is 17.0 Å². The Morgan fingerprint density at radius 3 is 2.71 bits per heavy atom. The van der Waals surface area contributed by atoms with E-state index >= 15 is 0 Å². The van der Waals surface area contributed by atoms with E-state index in [2.05, 4.69) is 27.4 Å². The molecule has 0 saturated heterocycles. The number of carbonyl (C=O) groups is 1. The molecule has 0 bridgehead atoms. The van der Waals surface area contributed by atoms with Crippen LogP contribution in [0.4, 0.5) is 5.69 Å². The lowest BCUT2D eigenvalue weighted by atomic mass is 10.1. The van der Waals surface area contributed by atoms with E-state index in [1.54, 1.807) is 23.9 Å². The van der Waals surface area contributed by atoms with Crippen molar-refractivity contribution in [3.8, 4) is 0 Å². The predicted molar refractivity (Wildman–Crippen MR) is 90.9 cm³/mol. The number of carbonyl (C=O) groups excluding carboxylic acids is 1. The quantitative estimate of drug-likeness (QED) is 0.255. The van der Waals surface area contributed by atoms with Crippen molar-refractivity contribution in [3.05, 3.63) is 57.6 Å². The van der Waals surface area contributed by atoms with Gasteiger partial charge in [0, 0.05) is 26.4 Å². The lowest BCUT2D eigenvalue weighted by Gasteiger charge is -2.09. The zero-order chi connectivity index (χ0) is 15.4. The minimum Gasteiger partial charge on any atom is -0.398 e. The monoisotopic (exact) mass is 365 g/mol. The lowest BCUT2D eigenvalue weighted by molar-refractivity contribution is 0.0953. The fraction of sp³-hybridized carbons (Fsp3) is 0.133. The van der Waals surface area contributed by atoms with E-state index in [0.717, 1.165) is 26.4 Å². The average Bonchev–Trinajstić information content (AvgIpc) is 2.48. The minimum absolute atomic E-state index is 0.308.